The molecule has 0 aliphatic heterocycles. The van der Waals surface area contributed by atoms with Crippen molar-refractivity contribution < 1.29 is 4.74 Å². The summed E-state index contributed by atoms with van der Waals surface area (Å²) < 4.78 is 5.89. The summed E-state index contributed by atoms with van der Waals surface area (Å²) in [6, 6.07) is 14.2. The second kappa shape index (κ2) is 5.69. The average molecular weight is 241 g/mol. The van der Waals surface area contributed by atoms with Crippen LogP contribution >= 0.6 is 0 Å². The summed E-state index contributed by atoms with van der Waals surface area (Å²) in [5.41, 5.74) is 9.20. The van der Waals surface area contributed by atoms with Gasteiger partial charge in [-0.05, 0) is 61.7 Å². The zero-order valence-electron chi connectivity index (χ0n) is 10.9. The van der Waals surface area contributed by atoms with Crippen LogP contribution in [-0.2, 0) is 6.42 Å². The second-order valence-electron chi connectivity index (χ2n) is 4.48. The van der Waals surface area contributed by atoms with Gasteiger partial charge in [0.1, 0.15) is 11.5 Å². The molecular weight excluding hydrogens is 222 g/mol. The van der Waals surface area contributed by atoms with Gasteiger partial charge in [-0.15, -0.1) is 0 Å². The van der Waals surface area contributed by atoms with E-state index in [1.807, 2.05) is 24.3 Å². The van der Waals surface area contributed by atoms with E-state index in [9.17, 15) is 0 Å². The smallest absolute Gasteiger partial charge is 0.130 e. The first-order valence-electron chi connectivity index (χ1n) is 6.24. The molecule has 0 heterocycles. The maximum atomic E-state index is 5.89. The maximum absolute atomic E-state index is 5.89. The molecule has 0 atom stereocenters. The molecule has 2 rings (SSSR count). The molecule has 0 spiro atoms. The third-order valence-corrected chi connectivity index (χ3v) is 3.14. The lowest BCUT2D eigenvalue weighted by molar-refractivity contribution is 0.478. The van der Waals surface area contributed by atoms with Gasteiger partial charge in [-0.2, -0.15) is 0 Å². The molecule has 0 saturated carbocycles. The average Bonchev–Trinajstić information content (AvgIpc) is 2.38. The van der Waals surface area contributed by atoms with E-state index in [1.165, 1.54) is 16.7 Å². The Kier molecular flexibility index (Phi) is 4.00. The van der Waals surface area contributed by atoms with E-state index >= 15 is 0 Å². The normalized spacial score (nSPS) is 10.4. The largest absolute Gasteiger partial charge is 0.457 e. The summed E-state index contributed by atoms with van der Waals surface area (Å²) in [6.07, 6.45) is 0.907. The number of ether oxygens (including phenoxy) is 1. The number of benzene rings is 2. The Labute approximate surface area is 108 Å². The third kappa shape index (κ3) is 2.90. The standard InChI is InChI=1S/C16H19NO/c1-12-4-3-5-16(13(12)2)18-15-8-6-14(7-9-15)10-11-17/h3-9H,10-11,17H2,1-2H3. The van der Waals surface area contributed by atoms with E-state index in [0.717, 1.165) is 17.9 Å². The maximum Gasteiger partial charge on any atom is 0.130 e. The van der Waals surface area contributed by atoms with Gasteiger partial charge in [0.2, 0.25) is 0 Å². The fraction of sp³-hybridized carbons (Fsp3) is 0.250. The van der Waals surface area contributed by atoms with Crippen molar-refractivity contribution in [2.75, 3.05) is 6.54 Å². The Balaban J connectivity index is 2.16. The molecule has 0 aliphatic rings. The molecule has 18 heavy (non-hydrogen) atoms. The molecule has 0 fully saturated rings. The van der Waals surface area contributed by atoms with E-state index < -0.39 is 0 Å². The zero-order valence-corrected chi connectivity index (χ0v) is 10.9. The molecule has 2 aromatic carbocycles. The lowest BCUT2D eigenvalue weighted by Crippen LogP contribution is -2.02. The van der Waals surface area contributed by atoms with Gasteiger partial charge in [0.25, 0.3) is 0 Å². The molecule has 94 valence electrons. The topological polar surface area (TPSA) is 35.2 Å². The number of rotatable bonds is 4. The molecule has 0 unspecified atom stereocenters. The Morgan fingerprint density at radius 2 is 1.72 bits per heavy atom. The predicted molar refractivity (Wildman–Crippen MR) is 75.2 cm³/mol. The zero-order chi connectivity index (χ0) is 13.0. The number of hydrogen-bond acceptors (Lipinski definition) is 2. The van der Waals surface area contributed by atoms with Crippen LogP contribution in [0.15, 0.2) is 42.5 Å². The summed E-state index contributed by atoms with van der Waals surface area (Å²) in [5.74, 6) is 1.78. The highest BCUT2D eigenvalue weighted by atomic mass is 16.5. The molecular formula is C16H19NO. The van der Waals surface area contributed by atoms with Gasteiger partial charge in [0.05, 0.1) is 0 Å². The van der Waals surface area contributed by atoms with Crippen LogP contribution in [0.3, 0.4) is 0 Å². The van der Waals surface area contributed by atoms with Crippen LogP contribution in [0.4, 0.5) is 0 Å². The number of hydrogen-bond donors (Lipinski definition) is 1. The minimum absolute atomic E-state index is 0.678. The van der Waals surface area contributed by atoms with E-state index in [0.29, 0.717) is 6.54 Å². The summed E-state index contributed by atoms with van der Waals surface area (Å²) >= 11 is 0. The van der Waals surface area contributed by atoms with Gasteiger partial charge in [-0.3, -0.25) is 0 Å². The van der Waals surface area contributed by atoms with Crippen molar-refractivity contribution in [2.45, 2.75) is 20.3 Å². The van der Waals surface area contributed by atoms with Crippen LogP contribution < -0.4 is 10.5 Å². The molecule has 0 amide bonds. The van der Waals surface area contributed by atoms with Crippen LogP contribution in [0.5, 0.6) is 11.5 Å². The molecule has 0 radical (unpaired) electrons. The lowest BCUT2D eigenvalue weighted by atomic mass is 10.1. The Bertz CT molecular complexity index is 517. The Morgan fingerprint density at radius 3 is 2.39 bits per heavy atom. The van der Waals surface area contributed by atoms with E-state index in [2.05, 4.69) is 32.0 Å². The van der Waals surface area contributed by atoms with Crippen LogP contribution in [0.2, 0.25) is 0 Å². The van der Waals surface area contributed by atoms with Crippen molar-refractivity contribution in [3.8, 4) is 11.5 Å². The van der Waals surface area contributed by atoms with Crippen LogP contribution in [0.1, 0.15) is 16.7 Å². The highest BCUT2D eigenvalue weighted by molar-refractivity contribution is 5.41. The number of aryl methyl sites for hydroxylation is 1. The van der Waals surface area contributed by atoms with Crippen molar-refractivity contribution in [3.05, 3.63) is 59.2 Å². The van der Waals surface area contributed by atoms with Gasteiger partial charge in [-0.25, -0.2) is 0 Å². The van der Waals surface area contributed by atoms with Crippen LogP contribution in [0, 0.1) is 13.8 Å². The number of nitrogens with two attached hydrogens (primary N) is 1. The van der Waals surface area contributed by atoms with Gasteiger partial charge < -0.3 is 10.5 Å². The highest BCUT2D eigenvalue weighted by Gasteiger charge is 2.03. The molecule has 0 saturated heterocycles. The van der Waals surface area contributed by atoms with Crippen molar-refractivity contribution in [1.29, 1.82) is 0 Å². The van der Waals surface area contributed by atoms with Crippen molar-refractivity contribution in [2.24, 2.45) is 5.73 Å². The van der Waals surface area contributed by atoms with Gasteiger partial charge in [-0.1, -0.05) is 24.3 Å². The lowest BCUT2D eigenvalue weighted by Gasteiger charge is -2.10. The van der Waals surface area contributed by atoms with Gasteiger partial charge >= 0.3 is 0 Å². The van der Waals surface area contributed by atoms with E-state index in [1.54, 1.807) is 0 Å². The molecule has 2 N–H and O–H groups in total. The van der Waals surface area contributed by atoms with Crippen molar-refractivity contribution >= 4 is 0 Å². The fourth-order valence-electron chi connectivity index (χ4n) is 1.85. The molecule has 0 aromatic heterocycles. The van der Waals surface area contributed by atoms with Crippen molar-refractivity contribution in [3.63, 3.8) is 0 Å². The Hall–Kier alpha value is -1.80. The van der Waals surface area contributed by atoms with Crippen LogP contribution in [0.25, 0.3) is 0 Å². The molecule has 2 nitrogen and oxygen atoms in total. The monoisotopic (exact) mass is 241 g/mol. The van der Waals surface area contributed by atoms with Gasteiger partial charge in [0, 0.05) is 0 Å². The first-order valence-corrected chi connectivity index (χ1v) is 6.24. The molecule has 0 bridgehead atoms. The second-order valence-corrected chi connectivity index (χ2v) is 4.48. The van der Waals surface area contributed by atoms with Crippen LogP contribution in [-0.4, -0.2) is 6.54 Å². The minimum Gasteiger partial charge on any atom is -0.457 e. The summed E-state index contributed by atoms with van der Waals surface area (Å²) in [4.78, 5) is 0. The third-order valence-electron chi connectivity index (χ3n) is 3.14. The fourth-order valence-corrected chi connectivity index (χ4v) is 1.85. The molecule has 0 aliphatic carbocycles. The highest BCUT2D eigenvalue weighted by Crippen LogP contribution is 2.26. The van der Waals surface area contributed by atoms with Crippen molar-refractivity contribution in [1.82, 2.24) is 0 Å². The summed E-state index contributed by atoms with van der Waals surface area (Å²) in [7, 11) is 0. The quantitative estimate of drug-likeness (QED) is 0.887. The molecule has 2 heteroatoms. The van der Waals surface area contributed by atoms with E-state index in [-0.39, 0.29) is 0 Å². The molecule has 2 aromatic rings. The predicted octanol–water partition coefficient (Wildman–Crippen LogP) is 3.60. The Morgan fingerprint density at radius 1 is 1.00 bits per heavy atom. The van der Waals surface area contributed by atoms with E-state index in [4.69, 9.17) is 10.5 Å². The summed E-state index contributed by atoms with van der Waals surface area (Å²) in [6.45, 7) is 4.84. The first kappa shape index (κ1) is 12.7. The first-order chi connectivity index (χ1) is 8.70. The SMILES string of the molecule is Cc1cccc(Oc2ccc(CCN)cc2)c1C. The summed E-state index contributed by atoms with van der Waals surface area (Å²) in [5, 5.41) is 0. The van der Waals surface area contributed by atoms with Gasteiger partial charge in [0.15, 0.2) is 0 Å². The minimum atomic E-state index is 0.678.